The van der Waals surface area contributed by atoms with Crippen molar-refractivity contribution in [3.05, 3.63) is 29.8 Å². The number of hydrogen-bond donors (Lipinski definition) is 2. The van der Waals surface area contributed by atoms with E-state index >= 15 is 0 Å². The smallest absolute Gasteiger partial charge is 0.151 e. The fraction of sp³-hybridized carbons (Fsp3) is 0.588. The van der Waals surface area contributed by atoms with E-state index in [4.69, 9.17) is 0 Å². The zero-order valence-corrected chi connectivity index (χ0v) is 13.1. The second kappa shape index (κ2) is 6.75. The molecule has 1 atom stereocenters. The van der Waals surface area contributed by atoms with Gasteiger partial charge >= 0.3 is 0 Å². The van der Waals surface area contributed by atoms with Crippen molar-refractivity contribution in [1.29, 1.82) is 0 Å². The van der Waals surface area contributed by atoms with Crippen molar-refractivity contribution in [3.8, 4) is 0 Å². The molecule has 5 heteroatoms. The van der Waals surface area contributed by atoms with Crippen LogP contribution in [0, 0.1) is 5.82 Å². The van der Waals surface area contributed by atoms with Crippen LogP contribution in [0.2, 0.25) is 0 Å². The largest absolute Gasteiger partial charge is 0.392 e. The van der Waals surface area contributed by atoms with Gasteiger partial charge in [0.25, 0.3) is 0 Å². The van der Waals surface area contributed by atoms with Crippen molar-refractivity contribution in [2.75, 3.05) is 6.54 Å². The van der Waals surface area contributed by atoms with Crippen molar-refractivity contribution < 1.29 is 9.50 Å². The number of fused-ring (bicyclic) bond motifs is 1. The average molecular weight is 305 g/mol. The summed E-state index contributed by atoms with van der Waals surface area (Å²) in [4.78, 5) is 9.90. The van der Waals surface area contributed by atoms with Crippen LogP contribution in [-0.2, 0) is 6.54 Å². The highest BCUT2D eigenvalue weighted by atomic mass is 19.1. The molecule has 0 aliphatic heterocycles. The van der Waals surface area contributed by atoms with Gasteiger partial charge in [-0.3, -0.25) is 4.90 Å². The first-order valence-corrected chi connectivity index (χ1v) is 8.18. The van der Waals surface area contributed by atoms with E-state index in [9.17, 15) is 9.50 Å². The molecule has 1 aliphatic rings. The van der Waals surface area contributed by atoms with Crippen molar-refractivity contribution in [3.63, 3.8) is 0 Å². The van der Waals surface area contributed by atoms with Crippen LogP contribution in [0.15, 0.2) is 18.2 Å². The van der Waals surface area contributed by atoms with Gasteiger partial charge in [0.2, 0.25) is 0 Å². The molecule has 1 unspecified atom stereocenters. The molecule has 0 bridgehead atoms. The Morgan fingerprint density at radius 3 is 2.82 bits per heavy atom. The van der Waals surface area contributed by atoms with Crippen LogP contribution in [0.1, 0.15) is 44.9 Å². The normalized spacial score (nSPS) is 18.2. The van der Waals surface area contributed by atoms with Gasteiger partial charge in [-0.2, -0.15) is 0 Å². The molecule has 3 rings (SSSR count). The molecule has 1 aromatic heterocycles. The lowest BCUT2D eigenvalue weighted by Crippen LogP contribution is -2.40. The van der Waals surface area contributed by atoms with Crippen LogP contribution in [0.25, 0.3) is 11.0 Å². The maximum Gasteiger partial charge on any atom is 0.151 e. The molecule has 0 amide bonds. The van der Waals surface area contributed by atoms with Gasteiger partial charge in [0.15, 0.2) is 5.82 Å². The molecule has 2 aromatic rings. The molecule has 120 valence electrons. The number of benzene rings is 1. The number of aliphatic hydroxyl groups is 1. The monoisotopic (exact) mass is 305 g/mol. The summed E-state index contributed by atoms with van der Waals surface area (Å²) in [6.07, 6.45) is 5.76. The van der Waals surface area contributed by atoms with Gasteiger partial charge in [-0.25, -0.2) is 9.37 Å². The topological polar surface area (TPSA) is 52.1 Å². The zero-order valence-electron chi connectivity index (χ0n) is 13.1. The van der Waals surface area contributed by atoms with Gasteiger partial charge in [-0.15, -0.1) is 0 Å². The van der Waals surface area contributed by atoms with E-state index < -0.39 is 0 Å². The van der Waals surface area contributed by atoms with Gasteiger partial charge in [0, 0.05) is 12.6 Å². The number of nitrogens with zero attached hydrogens (tertiary/aromatic N) is 2. The van der Waals surface area contributed by atoms with E-state index in [0.29, 0.717) is 24.6 Å². The number of halogens is 1. The predicted octanol–water partition coefficient (Wildman–Crippen LogP) is 3.22. The van der Waals surface area contributed by atoms with Crippen molar-refractivity contribution in [2.45, 2.75) is 57.7 Å². The molecule has 2 N–H and O–H groups in total. The Balaban J connectivity index is 1.79. The number of hydrogen-bond acceptors (Lipinski definition) is 3. The number of aliphatic hydroxyl groups excluding tert-OH is 1. The third kappa shape index (κ3) is 3.47. The standard InChI is InChI=1S/C17H24FN3O/c1-12(22)10-21(13-6-3-2-4-7-13)11-16-19-15-9-5-8-14(18)17(15)20-16/h5,8-9,12-13,22H,2-4,6-7,10-11H2,1H3,(H,19,20). The lowest BCUT2D eigenvalue weighted by molar-refractivity contribution is 0.0752. The molecule has 1 saturated carbocycles. The van der Waals surface area contributed by atoms with Crippen LogP contribution in [0.5, 0.6) is 0 Å². The zero-order chi connectivity index (χ0) is 15.5. The Hall–Kier alpha value is -1.46. The summed E-state index contributed by atoms with van der Waals surface area (Å²) in [5.41, 5.74) is 1.13. The molecule has 22 heavy (non-hydrogen) atoms. The second-order valence-electron chi connectivity index (χ2n) is 6.39. The summed E-state index contributed by atoms with van der Waals surface area (Å²) in [6.45, 7) is 3.07. The van der Waals surface area contributed by atoms with Crippen LogP contribution in [0.4, 0.5) is 4.39 Å². The van der Waals surface area contributed by atoms with Gasteiger partial charge in [-0.05, 0) is 31.9 Å². The van der Waals surface area contributed by atoms with Gasteiger partial charge in [0.05, 0.1) is 18.2 Å². The number of H-pyrrole nitrogens is 1. The number of para-hydroxylation sites is 1. The molecule has 4 nitrogen and oxygen atoms in total. The summed E-state index contributed by atoms with van der Waals surface area (Å²) in [5, 5.41) is 9.78. The SMILES string of the molecule is CC(O)CN(Cc1nc2c(F)cccc2[nH]1)C1CCCCC1. The highest BCUT2D eigenvalue weighted by molar-refractivity contribution is 5.75. The fourth-order valence-electron chi connectivity index (χ4n) is 3.44. The minimum Gasteiger partial charge on any atom is -0.392 e. The first kappa shape index (κ1) is 15.4. The van der Waals surface area contributed by atoms with Crippen LogP contribution in [-0.4, -0.2) is 38.7 Å². The van der Waals surface area contributed by atoms with E-state index in [1.165, 1.54) is 38.2 Å². The molecule has 0 spiro atoms. The Morgan fingerprint density at radius 2 is 2.14 bits per heavy atom. The first-order valence-electron chi connectivity index (χ1n) is 8.18. The number of rotatable bonds is 5. The quantitative estimate of drug-likeness (QED) is 0.892. The maximum atomic E-state index is 13.8. The van der Waals surface area contributed by atoms with Crippen molar-refractivity contribution >= 4 is 11.0 Å². The van der Waals surface area contributed by atoms with E-state index in [1.54, 1.807) is 6.07 Å². The highest BCUT2D eigenvalue weighted by Gasteiger charge is 2.23. The van der Waals surface area contributed by atoms with E-state index in [2.05, 4.69) is 14.9 Å². The summed E-state index contributed by atoms with van der Waals surface area (Å²) in [5.74, 6) is 0.478. The van der Waals surface area contributed by atoms with Crippen molar-refractivity contribution in [2.24, 2.45) is 0 Å². The fourth-order valence-corrected chi connectivity index (χ4v) is 3.44. The van der Waals surface area contributed by atoms with Gasteiger partial charge in [-0.1, -0.05) is 25.3 Å². The maximum absolute atomic E-state index is 13.8. The average Bonchev–Trinajstić information content (AvgIpc) is 2.91. The highest BCUT2D eigenvalue weighted by Crippen LogP contribution is 2.24. The Kier molecular flexibility index (Phi) is 4.74. The molecular weight excluding hydrogens is 281 g/mol. The Morgan fingerprint density at radius 1 is 1.36 bits per heavy atom. The molecule has 1 fully saturated rings. The Labute approximate surface area is 130 Å². The molecule has 1 aromatic carbocycles. The summed E-state index contributed by atoms with van der Waals surface area (Å²) in [6, 6.07) is 5.45. The molecular formula is C17H24FN3O. The molecule has 1 heterocycles. The third-order valence-electron chi connectivity index (χ3n) is 4.46. The van der Waals surface area contributed by atoms with Crippen LogP contribution >= 0.6 is 0 Å². The van der Waals surface area contributed by atoms with E-state index in [-0.39, 0.29) is 11.9 Å². The molecule has 0 radical (unpaired) electrons. The van der Waals surface area contributed by atoms with Crippen LogP contribution in [0.3, 0.4) is 0 Å². The van der Waals surface area contributed by atoms with Gasteiger partial charge in [0.1, 0.15) is 11.3 Å². The molecule has 1 aliphatic carbocycles. The lowest BCUT2D eigenvalue weighted by Gasteiger charge is -2.34. The Bertz CT molecular complexity index is 619. The lowest BCUT2D eigenvalue weighted by atomic mass is 9.94. The summed E-state index contributed by atoms with van der Waals surface area (Å²) in [7, 11) is 0. The predicted molar refractivity (Wildman–Crippen MR) is 85.0 cm³/mol. The van der Waals surface area contributed by atoms with E-state index in [0.717, 1.165) is 11.3 Å². The minimum absolute atomic E-state index is 0.292. The number of nitrogens with one attached hydrogen (secondary N) is 1. The number of aromatic amines is 1. The minimum atomic E-state index is -0.372. The second-order valence-corrected chi connectivity index (χ2v) is 6.39. The van der Waals surface area contributed by atoms with Gasteiger partial charge < -0.3 is 10.1 Å². The van der Waals surface area contributed by atoms with E-state index in [1.807, 2.05) is 13.0 Å². The van der Waals surface area contributed by atoms with Crippen molar-refractivity contribution in [1.82, 2.24) is 14.9 Å². The first-order chi connectivity index (χ1) is 10.6. The van der Waals surface area contributed by atoms with Crippen LogP contribution < -0.4 is 0 Å². The molecule has 0 saturated heterocycles. The summed E-state index contributed by atoms with van der Waals surface area (Å²) < 4.78 is 13.8. The number of imidazole rings is 1. The summed E-state index contributed by atoms with van der Waals surface area (Å²) >= 11 is 0. The third-order valence-corrected chi connectivity index (χ3v) is 4.46. The number of aromatic nitrogens is 2.